The molecule has 0 aliphatic carbocycles. The van der Waals surface area contributed by atoms with E-state index in [0.717, 1.165) is 63.4 Å². The Kier molecular flexibility index (Phi) is 9.90. The molecule has 37 heavy (non-hydrogen) atoms. The van der Waals surface area contributed by atoms with Crippen molar-refractivity contribution < 1.29 is 19.3 Å². The third-order valence-electron chi connectivity index (χ3n) is 7.23. The van der Waals surface area contributed by atoms with Gasteiger partial charge in [0, 0.05) is 0 Å². The van der Waals surface area contributed by atoms with Crippen LogP contribution in [0.4, 0.5) is 0 Å². The normalized spacial score (nSPS) is 22.1. The molecule has 0 amide bonds. The van der Waals surface area contributed by atoms with Crippen LogP contribution in [-0.4, -0.2) is 23.4 Å². The molecule has 0 spiro atoms. The number of ether oxygens (including phenoxy) is 3. The Bertz CT molecular complexity index is 994. The van der Waals surface area contributed by atoms with E-state index in [4.69, 9.17) is 14.2 Å². The minimum atomic E-state index is -0.880. The van der Waals surface area contributed by atoms with Crippen LogP contribution in [0.3, 0.4) is 0 Å². The molecule has 4 nitrogen and oxygen atoms in total. The van der Waals surface area contributed by atoms with Gasteiger partial charge in [-0.1, -0.05) is 30.4 Å². The van der Waals surface area contributed by atoms with Crippen molar-refractivity contribution in [3.05, 3.63) is 108 Å². The smallest absolute Gasteiger partial charge is 0.116 e. The Labute approximate surface area is 222 Å². The highest BCUT2D eigenvalue weighted by Gasteiger charge is 2.21. The van der Waals surface area contributed by atoms with Crippen molar-refractivity contribution in [3.8, 4) is 0 Å². The van der Waals surface area contributed by atoms with Crippen LogP contribution in [0.15, 0.2) is 85.6 Å². The molecule has 4 heteroatoms. The first kappa shape index (κ1) is 27.1. The van der Waals surface area contributed by atoms with Crippen molar-refractivity contribution in [1.29, 1.82) is 0 Å². The molecule has 3 aliphatic rings. The molecule has 4 rings (SSSR count). The molecule has 3 atom stereocenters. The predicted octanol–water partition coefficient (Wildman–Crippen LogP) is 7.29. The van der Waals surface area contributed by atoms with Crippen LogP contribution in [0.2, 0.25) is 0 Å². The van der Waals surface area contributed by atoms with Crippen LogP contribution in [-0.2, 0) is 39.1 Å². The van der Waals surface area contributed by atoms with E-state index < -0.39 is 5.60 Å². The van der Waals surface area contributed by atoms with Gasteiger partial charge in [-0.25, -0.2) is 0 Å². The van der Waals surface area contributed by atoms with Crippen molar-refractivity contribution in [2.24, 2.45) is 0 Å². The van der Waals surface area contributed by atoms with Crippen LogP contribution in [0.25, 0.3) is 0 Å². The van der Waals surface area contributed by atoms with Crippen LogP contribution >= 0.6 is 0 Å². The molecule has 3 aliphatic heterocycles. The first-order valence-corrected chi connectivity index (χ1v) is 13.8. The van der Waals surface area contributed by atoms with Crippen molar-refractivity contribution in [2.45, 2.75) is 95.5 Å². The number of aliphatic hydroxyl groups is 1. The highest BCUT2D eigenvalue weighted by atomic mass is 16.5. The summed E-state index contributed by atoms with van der Waals surface area (Å²) in [6.45, 7) is 3.77. The van der Waals surface area contributed by atoms with Crippen LogP contribution < -0.4 is 0 Å². The van der Waals surface area contributed by atoms with Gasteiger partial charge in [-0.05, 0) is 130 Å². The Hall–Kier alpha value is -2.98. The summed E-state index contributed by atoms with van der Waals surface area (Å²) in [4.78, 5) is 0. The Balaban J connectivity index is 1.49. The minimum absolute atomic E-state index is 0.145. The topological polar surface area (TPSA) is 47.9 Å². The Morgan fingerprint density at radius 3 is 1.38 bits per heavy atom. The third-order valence-corrected chi connectivity index (χ3v) is 7.23. The fraction of sp³-hybridized carbons (Fsp3) is 0.455. The number of hydrogen-bond acceptors (Lipinski definition) is 4. The van der Waals surface area contributed by atoms with Gasteiger partial charge in [0.05, 0.1) is 24.4 Å². The highest BCUT2D eigenvalue weighted by Crippen LogP contribution is 2.30. The SMILES string of the molecule is CC(C)(O)c1cc(CCCC2C=CC=CO2)c(CCCC2C=CC=CO2)c(CCCC2C=CC=CO2)c1. The summed E-state index contributed by atoms with van der Waals surface area (Å²) in [6, 6.07) is 4.49. The number of allylic oxidation sites excluding steroid dienone is 6. The molecule has 0 radical (unpaired) electrons. The predicted molar refractivity (Wildman–Crippen MR) is 150 cm³/mol. The van der Waals surface area contributed by atoms with Crippen molar-refractivity contribution >= 4 is 0 Å². The number of hydrogen-bond donors (Lipinski definition) is 1. The average molecular weight is 503 g/mol. The van der Waals surface area contributed by atoms with Gasteiger partial charge in [-0.15, -0.1) is 0 Å². The van der Waals surface area contributed by atoms with Gasteiger partial charge in [0.1, 0.15) is 18.3 Å². The molecule has 0 bridgehead atoms. The maximum Gasteiger partial charge on any atom is 0.116 e. The zero-order chi connectivity index (χ0) is 25.9. The van der Waals surface area contributed by atoms with E-state index in [-0.39, 0.29) is 18.3 Å². The second-order valence-corrected chi connectivity index (χ2v) is 10.7. The zero-order valence-corrected chi connectivity index (χ0v) is 22.4. The summed E-state index contributed by atoms with van der Waals surface area (Å²) in [7, 11) is 0. The van der Waals surface area contributed by atoms with Gasteiger partial charge < -0.3 is 19.3 Å². The lowest BCUT2D eigenvalue weighted by molar-refractivity contribution is 0.0784. The lowest BCUT2D eigenvalue weighted by Gasteiger charge is -2.25. The summed E-state index contributed by atoms with van der Waals surface area (Å²) in [5, 5.41) is 10.9. The second-order valence-electron chi connectivity index (χ2n) is 10.7. The fourth-order valence-corrected chi connectivity index (χ4v) is 5.15. The first-order chi connectivity index (χ1) is 18.0. The van der Waals surface area contributed by atoms with Gasteiger partial charge in [0.2, 0.25) is 0 Å². The monoisotopic (exact) mass is 502 g/mol. The van der Waals surface area contributed by atoms with Crippen molar-refractivity contribution in [1.82, 2.24) is 0 Å². The molecule has 0 aromatic heterocycles. The van der Waals surface area contributed by atoms with Gasteiger partial charge in [-0.2, -0.15) is 0 Å². The van der Waals surface area contributed by atoms with Crippen molar-refractivity contribution in [2.75, 3.05) is 0 Å². The van der Waals surface area contributed by atoms with Crippen LogP contribution in [0.1, 0.15) is 74.6 Å². The summed E-state index contributed by atoms with van der Waals surface area (Å²) in [5.41, 5.74) is 4.29. The molecule has 0 saturated carbocycles. The molecule has 0 fully saturated rings. The van der Waals surface area contributed by atoms with Gasteiger partial charge in [-0.3, -0.25) is 0 Å². The minimum Gasteiger partial charge on any atom is -0.494 e. The van der Waals surface area contributed by atoms with E-state index in [9.17, 15) is 5.11 Å². The largest absolute Gasteiger partial charge is 0.494 e. The molecule has 1 N–H and O–H groups in total. The third kappa shape index (κ3) is 8.53. The summed E-state index contributed by atoms with van der Waals surface area (Å²) >= 11 is 0. The number of aryl methyl sites for hydroxylation is 2. The van der Waals surface area contributed by atoms with Crippen LogP contribution in [0, 0.1) is 0 Å². The van der Waals surface area contributed by atoms with E-state index in [2.05, 4.69) is 48.6 Å². The molecule has 1 aromatic carbocycles. The Morgan fingerprint density at radius 1 is 0.622 bits per heavy atom. The van der Waals surface area contributed by atoms with E-state index >= 15 is 0 Å². The van der Waals surface area contributed by atoms with Gasteiger partial charge in [0.15, 0.2) is 0 Å². The lowest BCUT2D eigenvalue weighted by atomic mass is 9.85. The van der Waals surface area contributed by atoms with E-state index in [0.29, 0.717) is 0 Å². The van der Waals surface area contributed by atoms with E-state index in [1.807, 2.05) is 32.1 Å². The fourth-order valence-electron chi connectivity index (χ4n) is 5.15. The molecular formula is C33H42O4. The molecule has 0 saturated heterocycles. The summed E-state index contributed by atoms with van der Waals surface area (Å²) in [5.74, 6) is 0. The maximum absolute atomic E-state index is 10.9. The van der Waals surface area contributed by atoms with E-state index in [1.54, 1.807) is 18.8 Å². The molecule has 3 unspecified atom stereocenters. The van der Waals surface area contributed by atoms with E-state index in [1.165, 1.54) is 16.7 Å². The van der Waals surface area contributed by atoms with Crippen molar-refractivity contribution in [3.63, 3.8) is 0 Å². The summed E-state index contributed by atoms with van der Waals surface area (Å²) < 4.78 is 17.2. The summed E-state index contributed by atoms with van der Waals surface area (Å²) in [6.07, 6.45) is 33.2. The number of benzene rings is 1. The first-order valence-electron chi connectivity index (χ1n) is 13.8. The van der Waals surface area contributed by atoms with Gasteiger partial charge in [0.25, 0.3) is 0 Å². The molecular weight excluding hydrogens is 460 g/mol. The lowest BCUT2D eigenvalue weighted by Crippen LogP contribution is -2.18. The average Bonchev–Trinajstić information content (AvgIpc) is 2.91. The highest BCUT2D eigenvalue weighted by molar-refractivity contribution is 5.42. The zero-order valence-electron chi connectivity index (χ0n) is 22.4. The van der Waals surface area contributed by atoms with Crippen LogP contribution in [0.5, 0.6) is 0 Å². The number of rotatable bonds is 13. The standard InChI is InChI=1S/C33H42O4/c1-33(2,34)28-24-26(12-9-17-29-14-3-6-21-35-29)32(20-11-19-31-16-5-8-23-37-31)27(25-28)13-10-18-30-15-4-7-22-36-30/h3-8,14-16,21-25,29-31,34H,9-13,17-20H2,1-2H3. The molecule has 3 heterocycles. The van der Waals surface area contributed by atoms with Gasteiger partial charge >= 0.3 is 0 Å². The maximum atomic E-state index is 10.9. The molecule has 198 valence electrons. The molecule has 1 aromatic rings. The Morgan fingerprint density at radius 2 is 1.03 bits per heavy atom. The quantitative estimate of drug-likeness (QED) is 0.308. The second kappa shape index (κ2) is 13.5.